The molecule has 11 heteroatoms. The molecule has 1 aliphatic heterocycles. The first kappa shape index (κ1) is 20.4. The summed E-state index contributed by atoms with van der Waals surface area (Å²) in [5.41, 5.74) is 0.758. The Hall–Kier alpha value is -2.37. The minimum atomic E-state index is -4.26. The molecular formula is C17H17BrN2O7S. The highest BCUT2D eigenvalue weighted by Gasteiger charge is 2.40. The molecule has 9 nitrogen and oxygen atoms in total. The normalized spacial score (nSPS) is 13.4. The molecule has 1 heterocycles. The van der Waals surface area contributed by atoms with E-state index < -0.39 is 25.5 Å². The highest BCUT2D eigenvalue weighted by Crippen LogP contribution is 2.52. The molecule has 0 saturated heterocycles. The van der Waals surface area contributed by atoms with Gasteiger partial charge in [0.05, 0.1) is 30.2 Å². The van der Waals surface area contributed by atoms with Gasteiger partial charge in [-0.3, -0.25) is 14.4 Å². The molecule has 0 atom stereocenters. The van der Waals surface area contributed by atoms with Gasteiger partial charge in [-0.1, -0.05) is 12.1 Å². The van der Waals surface area contributed by atoms with Crippen LogP contribution in [0.25, 0.3) is 0 Å². The third-order valence-corrected chi connectivity index (χ3v) is 7.23. The molecule has 2 aromatic carbocycles. The molecule has 0 amide bonds. The second-order valence-corrected chi connectivity index (χ2v) is 8.52. The number of aliphatic hydroxyl groups is 1. The first-order chi connectivity index (χ1) is 13.3. The molecule has 150 valence electrons. The van der Waals surface area contributed by atoms with Crippen molar-refractivity contribution in [2.75, 3.05) is 25.1 Å². The molecule has 2 aromatic rings. The van der Waals surface area contributed by atoms with Crippen molar-refractivity contribution in [1.82, 2.24) is 0 Å². The van der Waals surface area contributed by atoms with Gasteiger partial charge >= 0.3 is 0 Å². The fourth-order valence-corrected chi connectivity index (χ4v) is 5.70. The Bertz CT molecular complexity index is 1060. The molecule has 28 heavy (non-hydrogen) atoms. The predicted octanol–water partition coefficient (Wildman–Crippen LogP) is 2.62. The third-order valence-electron chi connectivity index (χ3n) is 4.55. The Balaban J connectivity index is 2.29. The monoisotopic (exact) mass is 472 g/mol. The van der Waals surface area contributed by atoms with E-state index in [0.717, 1.165) is 10.4 Å². The second kappa shape index (κ2) is 7.57. The van der Waals surface area contributed by atoms with Crippen LogP contribution in [0.4, 0.5) is 11.4 Å². The molecule has 1 aliphatic rings. The van der Waals surface area contributed by atoms with Crippen molar-refractivity contribution in [2.24, 2.45) is 0 Å². The van der Waals surface area contributed by atoms with Crippen molar-refractivity contribution in [2.45, 2.75) is 17.9 Å². The number of halogens is 1. The Morgan fingerprint density at radius 3 is 2.46 bits per heavy atom. The van der Waals surface area contributed by atoms with Gasteiger partial charge in [-0.15, -0.1) is 0 Å². The van der Waals surface area contributed by atoms with Crippen LogP contribution in [-0.4, -0.2) is 39.2 Å². The van der Waals surface area contributed by atoms with Gasteiger partial charge in [0.1, 0.15) is 5.69 Å². The van der Waals surface area contributed by atoms with E-state index in [0.29, 0.717) is 22.0 Å². The summed E-state index contributed by atoms with van der Waals surface area (Å²) in [4.78, 5) is 10.2. The van der Waals surface area contributed by atoms with E-state index in [1.165, 1.54) is 32.4 Å². The third kappa shape index (κ3) is 2.99. The van der Waals surface area contributed by atoms with Crippen molar-refractivity contribution in [1.29, 1.82) is 0 Å². The van der Waals surface area contributed by atoms with Crippen LogP contribution in [0.15, 0.2) is 33.6 Å². The molecule has 3 rings (SSSR count). The van der Waals surface area contributed by atoms with E-state index >= 15 is 0 Å². The standard InChI is InChI=1S/C17H17BrN2O7S/c1-26-16-14(18)11(9-21)10-7-8-19(15(10)17(16)27-2)28(24,25)13-6-4-3-5-12(13)20(22)23/h3-6,21H,7-9H2,1-2H3. The number of ether oxygens (including phenoxy) is 2. The number of methoxy groups -OCH3 is 2. The molecule has 0 aromatic heterocycles. The van der Waals surface area contributed by atoms with Crippen LogP contribution in [0.5, 0.6) is 11.5 Å². The second-order valence-electron chi connectivity index (χ2n) is 5.90. The summed E-state index contributed by atoms with van der Waals surface area (Å²) in [7, 11) is -1.50. The zero-order chi connectivity index (χ0) is 20.6. The van der Waals surface area contributed by atoms with E-state index in [9.17, 15) is 23.6 Å². The van der Waals surface area contributed by atoms with E-state index in [4.69, 9.17) is 9.47 Å². The van der Waals surface area contributed by atoms with Crippen molar-refractivity contribution >= 4 is 37.3 Å². The lowest BCUT2D eigenvalue weighted by Gasteiger charge is -2.24. The van der Waals surface area contributed by atoms with Crippen molar-refractivity contribution < 1.29 is 27.9 Å². The Morgan fingerprint density at radius 2 is 1.89 bits per heavy atom. The molecule has 0 bridgehead atoms. The van der Waals surface area contributed by atoms with Crippen LogP contribution in [-0.2, 0) is 23.1 Å². The number of aliphatic hydroxyl groups excluding tert-OH is 1. The topological polar surface area (TPSA) is 119 Å². The molecule has 0 saturated carbocycles. The zero-order valence-electron chi connectivity index (χ0n) is 15.0. The predicted molar refractivity (Wildman–Crippen MR) is 105 cm³/mol. The highest BCUT2D eigenvalue weighted by molar-refractivity contribution is 9.10. The fourth-order valence-electron chi connectivity index (χ4n) is 3.34. The van der Waals surface area contributed by atoms with Gasteiger partial charge in [-0.25, -0.2) is 8.42 Å². The maximum absolute atomic E-state index is 13.3. The lowest BCUT2D eigenvalue weighted by atomic mass is 10.0. The lowest BCUT2D eigenvalue weighted by molar-refractivity contribution is -0.387. The zero-order valence-corrected chi connectivity index (χ0v) is 17.4. The average Bonchev–Trinajstić information content (AvgIpc) is 3.12. The van der Waals surface area contributed by atoms with Crippen LogP contribution < -0.4 is 13.8 Å². The van der Waals surface area contributed by atoms with Gasteiger partial charge in [0, 0.05) is 18.2 Å². The smallest absolute Gasteiger partial charge is 0.289 e. The molecular weight excluding hydrogens is 456 g/mol. The first-order valence-corrected chi connectivity index (χ1v) is 10.3. The van der Waals surface area contributed by atoms with Crippen LogP contribution in [0.3, 0.4) is 0 Å². The number of benzene rings is 2. The van der Waals surface area contributed by atoms with E-state index in [2.05, 4.69) is 15.9 Å². The molecule has 0 fully saturated rings. The maximum atomic E-state index is 13.3. The molecule has 1 N–H and O–H groups in total. The van der Waals surface area contributed by atoms with E-state index in [-0.39, 0.29) is 30.3 Å². The summed E-state index contributed by atoms with van der Waals surface area (Å²) in [6.07, 6.45) is 0.310. The van der Waals surface area contributed by atoms with Gasteiger partial charge in [-0.2, -0.15) is 0 Å². The van der Waals surface area contributed by atoms with Gasteiger partial charge in [0.25, 0.3) is 15.7 Å². The summed E-state index contributed by atoms with van der Waals surface area (Å²) >= 11 is 3.37. The van der Waals surface area contributed by atoms with Crippen LogP contribution >= 0.6 is 15.9 Å². The summed E-state index contributed by atoms with van der Waals surface area (Å²) in [5.74, 6) is 0.399. The Labute approximate surface area is 169 Å². The van der Waals surface area contributed by atoms with Crippen LogP contribution in [0.2, 0.25) is 0 Å². The fraction of sp³-hybridized carbons (Fsp3) is 0.294. The Morgan fingerprint density at radius 1 is 1.25 bits per heavy atom. The number of hydrogen-bond donors (Lipinski definition) is 1. The van der Waals surface area contributed by atoms with Gasteiger partial charge in [-0.05, 0) is 34.0 Å². The summed E-state index contributed by atoms with van der Waals surface area (Å²) in [6.45, 7) is -0.296. The van der Waals surface area contributed by atoms with Crippen molar-refractivity contribution in [3.8, 4) is 11.5 Å². The average molecular weight is 473 g/mol. The number of hydrogen-bond acceptors (Lipinski definition) is 7. The summed E-state index contributed by atoms with van der Waals surface area (Å²) < 4.78 is 39.0. The summed E-state index contributed by atoms with van der Waals surface area (Å²) in [5, 5.41) is 21.1. The number of anilines is 1. The number of nitro benzene ring substituents is 1. The minimum Gasteiger partial charge on any atom is -0.492 e. The maximum Gasteiger partial charge on any atom is 0.289 e. The van der Waals surface area contributed by atoms with Crippen LogP contribution in [0.1, 0.15) is 11.1 Å². The lowest BCUT2D eigenvalue weighted by Crippen LogP contribution is -2.30. The highest BCUT2D eigenvalue weighted by atomic mass is 79.9. The molecule has 0 radical (unpaired) electrons. The van der Waals surface area contributed by atoms with Gasteiger partial charge in [0.2, 0.25) is 0 Å². The minimum absolute atomic E-state index is 0.0483. The van der Waals surface area contributed by atoms with Crippen LogP contribution in [0, 0.1) is 10.1 Å². The number of nitro groups is 1. The number of rotatable bonds is 6. The number of sulfonamides is 1. The number of para-hydroxylation sites is 1. The SMILES string of the molecule is COc1c(Br)c(CO)c2c(c1OC)N(S(=O)(=O)c1ccccc1[N+](=O)[O-])CC2. The molecule has 0 spiro atoms. The van der Waals surface area contributed by atoms with Gasteiger partial charge in [0.15, 0.2) is 16.4 Å². The van der Waals surface area contributed by atoms with Crippen molar-refractivity contribution in [3.63, 3.8) is 0 Å². The van der Waals surface area contributed by atoms with Gasteiger partial charge < -0.3 is 14.6 Å². The number of fused-ring (bicyclic) bond motifs is 1. The quantitative estimate of drug-likeness (QED) is 0.506. The van der Waals surface area contributed by atoms with E-state index in [1.807, 2.05) is 0 Å². The summed E-state index contributed by atoms with van der Waals surface area (Å²) in [6, 6.07) is 5.17. The number of nitrogens with zero attached hydrogens (tertiary/aromatic N) is 2. The largest absolute Gasteiger partial charge is 0.492 e. The Kier molecular flexibility index (Phi) is 5.50. The molecule has 0 unspecified atom stereocenters. The first-order valence-electron chi connectivity index (χ1n) is 8.11. The van der Waals surface area contributed by atoms with Crippen molar-refractivity contribution in [3.05, 3.63) is 50.0 Å². The molecule has 0 aliphatic carbocycles. The van der Waals surface area contributed by atoms with E-state index in [1.54, 1.807) is 0 Å².